The van der Waals surface area contributed by atoms with Crippen molar-refractivity contribution >= 4 is 33.1 Å². The van der Waals surface area contributed by atoms with Gasteiger partial charge >= 0.3 is 0 Å². The van der Waals surface area contributed by atoms with Crippen LogP contribution < -0.4 is 10.5 Å². The lowest BCUT2D eigenvalue weighted by molar-refractivity contribution is 0.601. The van der Waals surface area contributed by atoms with Gasteiger partial charge in [-0.15, -0.1) is 0 Å². The Bertz CT molecular complexity index is 720. The van der Waals surface area contributed by atoms with Crippen LogP contribution in [-0.4, -0.2) is 13.4 Å². The van der Waals surface area contributed by atoms with Gasteiger partial charge in [0.05, 0.1) is 15.6 Å². The summed E-state index contributed by atoms with van der Waals surface area (Å²) in [5.74, 6) is 0.252. The van der Waals surface area contributed by atoms with Crippen molar-refractivity contribution in [3.8, 4) is 0 Å². The number of pyridine rings is 1. The van der Waals surface area contributed by atoms with Gasteiger partial charge in [-0.2, -0.15) is 0 Å². The van der Waals surface area contributed by atoms with Crippen molar-refractivity contribution in [2.24, 2.45) is 0 Å². The second-order valence-corrected chi connectivity index (χ2v) is 6.53. The Balaban J connectivity index is 2.38. The minimum Gasteiger partial charge on any atom is -0.397 e. The molecule has 20 heavy (non-hydrogen) atoms. The van der Waals surface area contributed by atoms with Crippen LogP contribution in [0.25, 0.3) is 0 Å². The lowest BCUT2D eigenvalue weighted by atomic mass is 10.2. The van der Waals surface area contributed by atoms with Gasteiger partial charge in [0.15, 0.2) is 0 Å². The molecule has 7 heteroatoms. The number of sulfonamides is 1. The molecule has 0 aliphatic heterocycles. The SMILES string of the molecule is Cc1ccc(NS(=O)(=O)c2cc(C)c(Cl)c(N)c2)nc1. The molecule has 1 aromatic carbocycles. The summed E-state index contributed by atoms with van der Waals surface area (Å²) < 4.78 is 26.9. The summed E-state index contributed by atoms with van der Waals surface area (Å²) in [5.41, 5.74) is 7.46. The highest BCUT2D eigenvalue weighted by Crippen LogP contribution is 2.27. The largest absolute Gasteiger partial charge is 0.397 e. The highest BCUT2D eigenvalue weighted by atomic mass is 35.5. The summed E-state index contributed by atoms with van der Waals surface area (Å²) in [6.07, 6.45) is 1.58. The average molecular weight is 312 g/mol. The number of nitrogens with zero attached hydrogens (tertiary/aromatic N) is 1. The fraction of sp³-hybridized carbons (Fsp3) is 0.154. The van der Waals surface area contributed by atoms with Gasteiger partial charge in [-0.1, -0.05) is 17.7 Å². The van der Waals surface area contributed by atoms with Gasteiger partial charge in [-0.05, 0) is 43.2 Å². The fourth-order valence-corrected chi connectivity index (χ4v) is 2.88. The lowest BCUT2D eigenvalue weighted by Gasteiger charge is -2.10. The number of hydrogen-bond donors (Lipinski definition) is 2. The molecule has 0 bridgehead atoms. The first kappa shape index (κ1) is 14.6. The third-order valence-corrected chi connectivity index (χ3v) is 4.57. The Morgan fingerprint density at radius 2 is 1.95 bits per heavy atom. The maximum atomic E-state index is 12.3. The number of aryl methyl sites for hydroxylation is 2. The normalized spacial score (nSPS) is 11.3. The van der Waals surface area contributed by atoms with E-state index in [1.165, 1.54) is 12.1 Å². The van der Waals surface area contributed by atoms with Crippen molar-refractivity contribution in [2.75, 3.05) is 10.5 Å². The number of nitrogen functional groups attached to an aromatic ring is 1. The van der Waals surface area contributed by atoms with E-state index in [1.807, 2.05) is 6.92 Å². The van der Waals surface area contributed by atoms with Crippen molar-refractivity contribution < 1.29 is 8.42 Å². The number of nitrogens with two attached hydrogens (primary N) is 1. The molecule has 0 aliphatic carbocycles. The van der Waals surface area contributed by atoms with Crippen LogP contribution in [0.2, 0.25) is 5.02 Å². The van der Waals surface area contributed by atoms with Gasteiger partial charge in [0, 0.05) is 6.20 Å². The van der Waals surface area contributed by atoms with Crippen molar-refractivity contribution in [3.05, 3.63) is 46.6 Å². The van der Waals surface area contributed by atoms with Gasteiger partial charge < -0.3 is 5.73 Å². The summed E-state index contributed by atoms with van der Waals surface area (Å²) in [4.78, 5) is 4.06. The Kier molecular flexibility index (Phi) is 3.87. The summed E-state index contributed by atoms with van der Waals surface area (Å²) in [6.45, 7) is 3.57. The molecule has 0 unspecified atom stereocenters. The zero-order valence-electron chi connectivity index (χ0n) is 11.0. The highest BCUT2D eigenvalue weighted by molar-refractivity contribution is 7.92. The van der Waals surface area contributed by atoms with Gasteiger partial charge in [0.25, 0.3) is 10.0 Å². The molecule has 0 amide bonds. The number of aromatic nitrogens is 1. The summed E-state index contributed by atoms with van der Waals surface area (Å²) in [6, 6.07) is 6.16. The van der Waals surface area contributed by atoms with Crippen molar-refractivity contribution in [1.29, 1.82) is 0 Å². The first-order chi connectivity index (χ1) is 9.29. The molecule has 1 aromatic heterocycles. The van der Waals surface area contributed by atoms with E-state index >= 15 is 0 Å². The zero-order valence-corrected chi connectivity index (χ0v) is 12.6. The third kappa shape index (κ3) is 3.02. The number of benzene rings is 1. The van der Waals surface area contributed by atoms with Crippen LogP contribution in [0.1, 0.15) is 11.1 Å². The van der Waals surface area contributed by atoms with Crippen LogP contribution in [0.15, 0.2) is 35.4 Å². The van der Waals surface area contributed by atoms with Gasteiger partial charge in [-0.3, -0.25) is 4.72 Å². The second-order valence-electron chi connectivity index (χ2n) is 4.47. The maximum absolute atomic E-state index is 12.3. The van der Waals surface area contributed by atoms with E-state index in [0.29, 0.717) is 10.6 Å². The molecule has 0 aliphatic rings. The standard InChI is InChI=1S/C13H14ClN3O2S/c1-8-3-4-12(16-7-8)17-20(18,19)10-5-9(2)13(14)11(15)6-10/h3-7H,15H2,1-2H3,(H,16,17). The van der Waals surface area contributed by atoms with Crippen LogP contribution in [-0.2, 0) is 10.0 Å². The minimum atomic E-state index is -3.74. The Hall–Kier alpha value is -1.79. The molecule has 0 spiro atoms. The molecule has 0 atom stereocenters. The Labute approximate surface area is 122 Å². The molecule has 0 saturated carbocycles. The van der Waals surface area contributed by atoms with Gasteiger partial charge in [0.1, 0.15) is 5.82 Å². The van der Waals surface area contributed by atoms with E-state index in [2.05, 4.69) is 9.71 Å². The molecule has 1 heterocycles. The van der Waals surface area contributed by atoms with Crippen molar-refractivity contribution in [2.45, 2.75) is 18.7 Å². The summed E-state index contributed by atoms with van der Waals surface area (Å²) in [7, 11) is -3.74. The first-order valence-electron chi connectivity index (χ1n) is 5.81. The predicted molar refractivity (Wildman–Crippen MR) is 80.4 cm³/mol. The van der Waals surface area contributed by atoms with Gasteiger partial charge in [-0.25, -0.2) is 13.4 Å². The smallest absolute Gasteiger partial charge is 0.263 e. The van der Waals surface area contributed by atoms with E-state index in [0.717, 1.165) is 5.56 Å². The summed E-state index contributed by atoms with van der Waals surface area (Å²) in [5, 5.41) is 0.359. The van der Waals surface area contributed by atoms with Crippen LogP contribution >= 0.6 is 11.6 Å². The molecule has 0 radical (unpaired) electrons. The van der Waals surface area contributed by atoms with Crippen LogP contribution in [0, 0.1) is 13.8 Å². The molecule has 5 nitrogen and oxygen atoms in total. The number of hydrogen-bond acceptors (Lipinski definition) is 4. The number of nitrogens with one attached hydrogen (secondary N) is 1. The molecule has 0 saturated heterocycles. The topological polar surface area (TPSA) is 85.1 Å². The Morgan fingerprint density at radius 1 is 1.25 bits per heavy atom. The third-order valence-electron chi connectivity index (χ3n) is 2.72. The average Bonchev–Trinajstić information content (AvgIpc) is 2.38. The van der Waals surface area contributed by atoms with E-state index < -0.39 is 10.0 Å². The van der Waals surface area contributed by atoms with Crippen LogP contribution in [0.5, 0.6) is 0 Å². The molecule has 0 fully saturated rings. The second kappa shape index (κ2) is 5.30. The first-order valence-corrected chi connectivity index (χ1v) is 7.67. The molecule has 3 N–H and O–H groups in total. The van der Waals surface area contributed by atoms with Gasteiger partial charge in [0.2, 0.25) is 0 Å². The van der Waals surface area contributed by atoms with E-state index in [4.69, 9.17) is 17.3 Å². The fourth-order valence-electron chi connectivity index (χ4n) is 1.64. The minimum absolute atomic E-state index is 0.0549. The monoisotopic (exact) mass is 311 g/mol. The molecular weight excluding hydrogens is 298 g/mol. The zero-order chi connectivity index (χ0) is 14.9. The van der Waals surface area contributed by atoms with Crippen molar-refractivity contribution in [1.82, 2.24) is 4.98 Å². The quantitative estimate of drug-likeness (QED) is 0.853. The highest BCUT2D eigenvalue weighted by Gasteiger charge is 2.17. The van der Waals surface area contributed by atoms with Crippen molar-refractivity contribution in [3.63, 3.8) is 0 Å². The molecule has 2 rings (SSSR count). The lowest BCUT2D eigenvalue weighted by Crippen LogP contribution is -2.14. The van der Waals surface area contributed by atoms with Crippen LogP contribution in [0.3, 0.4) is 0 Å². The predicted octanol–water partition coefficient (Wildman–Crippen LogP) is 2.73. The number of halogens is 1. The number of anilines is 2. The van der Waals surface area contributed by atoms with Crippen LogP contribution in [0.4, 0.5) is 11.5 Å². The summed E-state index contributed by atoms with van der Waals surface area (Å²) >= 11 is 5.92. The molecular formula is C13H14ClN3O2S. The Morgan fingerprint density at radius 3 is 2.50 bits per heavy atom. The number of rotatable bonds is 3. The molecule has 2 aromatic rings. The van der Waals surface area contributed by atoms with E-state index in [-0.39, 0.29) is 16.4 Å². The molecule has 106 valence electrons. The van der Waals surface area contributed by atoms with E-state index in [9.17, 15) is 8.42 Å². The van der Waals surface area contributed by atoms with E-state index in [1.54, 1.807) is 25.3 Å². The maximum Gasteiger partial charge on any atom is 0.263 e.